The smallest absolute Gasteiger partial charge is 0.320 e. The zero-order valence-electron chi connectivity index (χ0n) is 10.6. The molecule has 0 amide bonds. The van der Waals surface area contributed by atoms with E-state index in [9.17, 15) is 4.79 Å². The molecule has 0 aromatic heterocycles. The molecule has 0 aliphatic rings. The molecular formula is C12H25NO2. The Labute approximate surface area is 93.8 Å². The summed E-state index contributed by atoms with van der Waals surface area (Å²) in [6.07, 6.45) is 3.38. The predicted molar refractivity (Wildman–Crippen MR) is 62.9 cm³/mol. The molecule has 3 heteroatoms. The lowest BCUT2D eigenvalue weighted by molar-refractivity contribution is -0.145. The van der Waals surface area contributed by atoms with Crippen LogP contribution in [0.2, 0.25) is 0 Å². The second kappa shape index (κ2) is 8.72. The van der Waals surface area contributed by atoms with E-state index in [-0.39, 0.29) is 5.97 Å². The Balaban J connectivity index is 4.04. The lowest BCUT2D eigenvalue weighted by atomic mass is 10.2. The second-order valence-corrected chi connectivity index (χ2v) is 3.89. The maximum absolute atomic E-state index is 11.4. The average Bonchev–Trinajstić information content (AvgIpc) is 2.23. The highest BCUT2D eigenvalue weighted by molar-refractivity contribution is 5.71. The van der Waals surface area contributed by atoms with E-state index in [1.54, 1.807) is 0 Å². The Morgan fingerprint density at radius 1 is 1.33 bits per heavy atom. The molecule has 0 aromatic rings. The van der Waals surface area contributed by atoms with Crippen molar-refractivity contribution in [3.8, 4) is 0 Å². The molecule has 0 bridgehead atoms. The summed E-state index contributed by atoms with van der Waals surface area (Å²) in [5.41, 5.74) is 0. The van der Waals surface area contributed by atoms with Crippen LogP contribution in [-0.4, -0.2) is 36.6 Å². The topological polar surface area (TPSA) is 29.5 Å². The van der Waals surface area contributed by atoms with E-state index in [1.807, 2.05) is 6.92 Å². The van der Waals surface area contributed by atoms with Crippen molar-refractivity contribution in [1.29, 1.82) is 0 Å². The van der Waals surface area contributed by atoms with E-state index in [4.69, 9.17) is 4.74 Å². The van der Waals surface area contributed by atoms with Gasteiger partial charge in [0, 0.05) is 6.04 Å². The fourth-order valence-electron chi connectivity index (χ4n) is 1.45. The van der Waals surface area contributed by atoms with Crippen LogP contribution >= 0.6 is 0 Å². The largest absolute Gasteiger partial charge is 0.465 e. The molecule has 15 heavy (non-hydrogen) atoms. The maximum atomic E-state index is 11.4. The van der Waals surface area contributed by atoms with Gasteiger partial charge in [-0.25, -0.2) is 0 Å². The number of nitrogens with zero attached hydrogens (tertiary/aromatic N) is 1. The van der Waals surface area contributed by atoms with Gasteiger partial charge < -0.3 is 4.74 Å². The fraction of sp³-hybridized carbons (Fsp3) is 0.917. The summed E-state index contributed by atoms with van der Waals surface area (Å²) in [5.74, 6) is -0.103. The molecule has 0 rings (SSSR count). The Morgan fingerprint density at radius 2 is 2.00 bits per heavy atom. The fourth-order valence-corrected chi connectivity index (χ4v) is 1.45. The first-order valence-corrected chi connectivity index (χ1v) is 6.05. The minimum absolute atomic E-state index is 0.103. The van der Waals surface area contributed by atoms with Crippen LogP contribution in [0.25, 0.3) is 0 Å². The minimum atomic E-state index is -0.103. The van der Waals surface area contributed by atoms with Crippen molar-refractivity contribution in [1.82, 2.24) is 4.90 Å². The van der Waals surface area contributed by atoms with Gasteiger partial charge in [0.2, 0.25) is 0 Å². The summed E-state index contributed by atoms with van der Waals surface area (Å²) in [4.78, 5) is 13.6. The lowest BCUT2D eigenvalue weighted by Gasteiger charge is -2.27. The van der Waals surface area contributed by atoms with E-state index < -0.39 is 0 Å². The standard InChI is InChI=1S/C12H25NO2/c1-5-8-9-13(11(4)6-2)10-12(14)15-7-3/h11H,5-10H2,1-4H3. The van der Waals surface area contributed by atoms with Gasteiger partial charge in [-0.3, -0.25) is 9.69 Å². The monoisotopic (exact) mass is 215 g/mol. The Kier molecular flexibility index (Phi) is 8.38. The maximum Gasteiger partial charge on any atom is 0.320 e. The van der Waals surface area contributed by atoms with Crippen molar-refractivity contribution in [3.05, 3.63) is 0 Å². The normalized spacial score (nSPS) is 12.9. The van der Waals surface area contributed by atoms with Crippen LogP contribution in [0, 0.1) is 0 Å². The summed E-state index contributed by atoms with van der Waals surface area (Å²) < 4.78 is 4.97. The Morgan fingerprint density at radius 3 is 2.47 bits per heavy atom. The molecule has 0 spiro atoms. The second-order valence-electron chi connectivity index (χ2n) is 3.89. The molecule has 1 unspecified atom stereocenters. The molecule has 0 aromatic carbocycles. The third kappa shape index (κ3) is 6.50. The van der Waals surface area contributed by atoms with Crippen molar-refractivity contribution >= 4 is 5.97 Å². The van der Waals surface area contributed by atoms with Gasteiger partial charge in [0.1, 0.15) is 0 Å². The summed E-state index contributed by atoms with van der Waals surface area (Å²) in [6, 6.07) is 0.459. The average molecular weight is 215 g/mol. The Bertz CT molecular complexity index is 171. The summed E-state index contributed by atoms with van der Waals surface area (Å²) >= 11 is 0. The molecule has 1 atom stereocenters. The SMILES string of the molecule is CCCCN(CC(=O)OCC)C(C)CC. The molecule has 0 aliphatic heterocycles. The molecule has 0 fully saturated rings. The van der Waals surface area contributed by atoms with Crippen LogP contribution in [0.4, 0.5) is 0 Å². The number of hydrogen-bond donors (Lipinski definition) is 0. The zero-order valence-corrected chi connectivity index (χ0v) is 10.6. The number of carbonyl (C=O) groups excluding carboxylic acids is 1. The third-order valence-corrected chi connectivity index (χ3v) is 2.65. The predicted octanol–water partition coefficient (Wildman–Crippen LogP) is 2.45. The van der Waals surface area contributed by atoms with Crippen LogP contribution in [0.3, 0.4) is 0 Å². The highest BCUT2D eigenvalue weighted by Gasteiger charge is 2.15. The summed E-state index contributed by atoms with van der Waals surface area (Å²) in [7, 11) is 0. The van der Waals surface area contributed by atoms with Crippen LogP contribution in [0.5, 0.6) is 0 Å². The number of rotatable bonds is 8. The molecule has 0 heterocycles. The number of carbonyl (C=O) groups is 1. The van der Waals surface area contributed by atoms with Crippen molar-refractivity contribution < 1.29 is 9.53 Å². The molecule has 0 saturated carbocycles. The minimum Gasteiger partial charge on any atom is -0.465 e. The van der Waals surface area contributed by atoms with E-state index >= 15 is 0 Å². The van der Waals surface area contributed by atoms with Crippen molar-refractivity contribution in [2.45, 2.75) is 53.0 Å². The van der Waals surface area contributed by atoms with Crippen LogP contribution in [-0.2, 0) is 9.53 Å². The first-order valence-electron chi connectivity index (χ1n) is 6.05. The number of esters is 1. The van der Waals surface area contributed by atoms with Gasteiger partial charge in [0.05, 0.1) is 13.2 Å². The first kappa shape index (κ1) is 14.4. The number of hydrogen-bond acceptors (Lipinski definition) is 3. The van der Waals surface area contributed by atoms with Gasteiger partial charge in [0.15, 0.2) is 0 Å². The van der Waals surface area contributed by atoms with Gasteiger partial charge in [-0.1, -0.05) is 20.3 Å². The van der Waals surface area contributed by atoms with Crippen molar-refractivity contribution in [2.75, 3.05) is 19.7 Å². The highest BCUT2D eigenvalue weighted by Crippen LogP contribution is 2.05. The van der Waals surface area contributed by atoms with E-state index in [2.05, 4.69) is 25.7 Å². The molecule has 90 valence electrons. The number of unbranched alkanes of at least 4 members (excludes halogenated alkanes) is 1. The van der Waals surface area contributed by atoms with Gasteiger partial charge in [-0.05, 0) is 33.2 Å². The van der Waals surface area contributed by atoms with E-state index in [0.717, 1.165) is 25.8 Å². The van der Waals surface area contributed by atoms with Crippen LogP contribution in [0.1, 0.15) is 47.0 Å². The number of ether oxygens (including phenoxy) is 1. The molecule has 0 saturated heterocycles. The quantitative estimate of drug-likeness (QED) is 0.582. The zero-order chi connectivity index (χ0) is 11.7. The van der Waals surface area contributed by atoms with Crippen molar-refractivity contribution in [3.63, 3.8) is 0 Å². The van der Waals surface area contributed by atoms with Gasteiger partial charge in [0.25, 0.3) is 0 Å². The molecular weight excluding hydrogens is 190 g/mol. The highest BCUT2D eigenvalue weighted by atomic mass is 16.5. The summed E-state index contributed by atoms with van der Waals surface area (Å²) in [5, 5.41) is 0. The molecule has 3 nitrogen and oxygen atoms in total. The van der Waals surface area contributed by atoms with Gasteiger partial charge in [-0.15, -0.1) is 0 Å². The van der Waals surface area contributed by atoms with E-state index in [0.29, 0.717) is 19.2 Å². The van der Waals surface area contributed by atoms with E-state index in [1.165, 1.54) is 0 Å². The Hall–Kier alpha value is -0.570. The molecule has 0 aliphatic carbocycles. The molecule has 0 N–H and O–H groups in total. The van der Waals surface area contributed by atoms with Crippen molar-refractivity contribution in [2.24, 2.45) is 0 Å². The lowest BCUT2D eigenvalue weighted by Crippen LogP contribution is -2.38. The molecule has 0 radical (unpaired) electrons. The van der Waals surface area contributed by atoms with Gasteiger partial charge >= 0.3 is 5.97 Å². The first-order chi connectivity index (χ1) is 7.15. The third-order valence-electron chi connectivity index (χ3n) is 2.65. The van der Waals surface area contributed by atoms with Gasteiger partial charge in [-0.2, -0.15) is 0 Å². The summed E-state index contributed by atoms with van der Waals surface area (Å²) in [6.45, 7) is 10.2. The van der Waals surface area contributed by atoms with Crippen LogP contribution < -0.4 is 0 Å². The van der Waals surface area contributed by atoms with Crippen LogP contribution in [0.15, 0.2) is 0 Å².